The minimum Gasteiger partial charge on any atom is -0.340 e. The fourth-order valence-electron chi connectivity index (χ4n) is 3.17. The molecular weight excluding hydrogens is 222 g/mol. The standard InChI is InChI=1S/C16H31NO/c1-4-7-11-14(5-2)16(18)17(6-3)15-12-9-8-10-13-15/h14-15H,4-13H2,1-3H3. The zero-order valence-electron chi connectivity index (χ0n) is 12.6. The zero-order chi connectivity index (χ0) is 13.4. The molecule has 106 valence electrons. The summed E-state index contributed by atoms with van der Waals surface area (Å²) in [5, 5.41) is 0. The van der Waals surface area contributed by atoms with Gasteiger partial charge in [-0.15, -0.1) is 0 Å². The summed E-state index contributed by atoms with van der Waals surface area (Å²) in [6.07, 6.45) is 10.9. The average molecular weight is 253 g/mol. The topological polar surface area (TPSA) is 20.3 Å². The van der Waals surface area contributed by atoms with Crippen LogP contribution in [0.15, 0.2) is 0 Å². The van der Waals surface area contributed by atoms with E-state index in [1.807, 2.05) is 0 Å². The molecule has 1 aliphatic carbocycles. The third kappa shape index (κ3) is 4.29. The summed E-state index contributed by atoms with van der Waals surface area (Å²) in [5.74, 6) is 0.701. The number of amides is 1. The van der Waals surface area contributed by atoms with Crippen molar-refractivity contribution in [3.05, 3.63) is 0 Å². The molecule has 0 radical (unpaired) electrons. The molecule has 1 unspecified atom stereocenters. The lowest BCUT2D eigenvalue weighted by atomic mass is 9.91. The van der Waals surface area contributed by atoms with Crippen LogP contribution in [0.25, 0.3) is 0 Å². The molecular formula is C16H31NO. The summed E-state index contributed by atoms with van der Waals surface area (Å²) in [6.45, 7) is 7.40. The second-order valence-corrected chi connectivity index (χ2v) is 5.66. The van der Waals surface area contributed by atoms with Crippen molar-refractivity contribution in [1.82, 2.24) is 4.90 Å². The van der Waals surface area contributed by atoms with Crippen LogP contribution in [0.5, 0.6) is 0 Å². The predicted octanol–water partition coefficient (Wildman–Crippen LogP) is 4.38. The van der Waals surface area contributed by atoms with Crippen LogP contribution in [0.3, 0.4) is 0 Å². The van der Waals surface area contributed by atoms with Gasteiger partial charge in [-0.1, -0.05) is 46.0 Å². The highest BCUT2D eigenvalue weighted by Crippen LogP contribution is 2.25. The van der Waals surface area contributed by atoms with Crippen LogP contribution in [0, 0.1) is 5.92 Å². The summed E-state index contributed by atoms with van der Waals surface area (Å²) >= 11 is 0. The Morgan fingerprint density at radius 3 is 2.33 bits per heavy atom. The van der Waals surface area contributed by atoms with Gasteiger partial charge in [-0.25, -0.2) is 0 Å². The molecule has 2 nitrogen and oxygen atoms in total. The van der Waals surface area contributed by atoms with Gasteiger partial charge in [-0.3, -0.25) is 4.79 Å². The first-order valence-corrected chi connectivity index (χ1v) is 8.05. The van der Waals surface area contributed by atoms with Gasteiger partial charge in [0.05, 0.1) is 0 Å². The largest absolute Gasteiger partial charge is 0.340 e. The molecule has 1 rings (SSSR count). The van der Waals surface area contributed by atoms with Gasteiger partial charge >= 0.3 is 0 Å². The lowest BCUT2D eigenvalue weighted by Gasteiger charge is -2.35. The molecule has 1 aliphatic rings. The van der Waals surface area contributed by atoms with Gasteiger partial charge in [-0.05, 0) is 32.6 Å². The Morgan fingerprint density at radius 1 is 1.17 bits per heavy atom. The highest BCUT2D eigenvalue weighted by Gasteiger charge is 2.28. The van der Waals surface area contributed by atoms with E-state index in [1.54, 1.807) is 0 Å². The number of rotatable bonds is 7. The Kier molecular flexibility index (Phi) is 7.38. The maximum absolute atomic E-state index is 12.6. The molecule has 0 aromatic heterocycles. The molecule has 0 bridgehead atoms. The van der Waals surface area contributed by atoms with E-state index in [0.717, 1.165) is 19.4 Å². The first kappa shape index (κ1) is 15.5. The lowest BCUT2D eigenvalue weighted by Crippen LogP contribution is -2.44. The third-order valence-electron chi connectivity index (χ3n) is 4.39. The summed E-state index contributed by atoms with van der Waals surface area (Å²) < 4.78 is 0. The molecule has 0 saturated heterocycles. The molecule has 0 aromatic rings. The van der Waals surface area contributed by atoms with Crippen molar-refractivity contribution in [2.24, 2.45) is 5.92 Å². The van der Waals surface area contributed by atoms with E-state index in [-0.39, 0.29) is 5.92 Å². The van der Waals surface area contributed by atoms with Crippen molar-refractivity contribution >= 4 is 5.91 Å². The van der Waals surface area contributed by atoms with E-state index in [1.165, 1.54) is 44.9 Å². The van der Waals surface area contributed by atoms with E-state index in [4.69, 9.17) is 0 Å². The maximum atomic E-state index is 12.6. The maximum Gasteiger partial charge on any atom is 0.225 e. The SMILES string of the molecule is CCCCC(CC)C(=O)N(CC)C1CCCCC1. The number of carbonyl (C=O) groups excluding carboxylic acids is 1. The Bertz CT molecular complexity index is 233. The van der Waals surface area contributed by atoms with Crippen molar-refractivity contribution in [2.45, 2.75) is 84.6 Å². The molecule has 0 aromatic carbocycles. The molecule has 1 fully saturated rings. The van der Waals surface area contributed by atoms with Gasteiger partial charge in [0.25, 0.3) is 0 Å². The first-order chi connectivity index (χ1) is 8.74. The molecule has 1 atom stereocenters. The first-order valence-electron chi connectivity index (χ1n) is 8.05. The molecule has 0 N–H and O–H groups in total. The number of carbonyl (C=O) groups is 1. The summed E-state index contributed by atoms with van der Waals surface area (Å²) in [7, 11) is 0. The predicted molar refractivity (Wildman–Crippen MR) is 77.6 cm³/mol. The highest BCUT2D eigenvalue weighted by atomic mass is 16.2. The lowest BCUT2D eigenvalue weighted by molar-refractivity contribution is -0.138. The summed E-state index contributed by atoms with van der Waals surface area (Å²) in [4.78, 5) is 14.8. The summed E-state index contributed by atoms with van der Waals surface area (Å²) in [5.41, 5.74) is 0. The van der Waals surface area contributed by atoms with Crippen LogP contribution in [-0.4, -0.2) is 23.4 Å². The molecule has 18 heavy (non-hydrogen) atoms. The van der Waals surface area contributed by atoms with Crippen LogP contribution in [-0.2, 0) is 4.79 Å². The zero-order valence-corrected chi connectivity index (χ0v) is 12.6. The van der Waals surface area contributed by atoms with Crippen LogP contribution >= 0.6 is 0 Å². The number of hydrogen-bond donors (Lipinski definition) is 0. The van der Waals surface area contributed by atoms with Gasteiger partial charge in [-0.2, -0.15) is 0 Å². The van der Waals surface area contributed by atoms with Crippen molar-refractivity contribution < 1.29 is 4.79 Å². The average Bonchev–Trinajstić information content (AvgIpc) is 2.42. The van der Waals surface area contributed by atoms with Gasteiger partial charge in [0.1, 0.15) is 0 Å². The van der Waals surface area contributed by atoms with Crippen LogP contribution in [0.4, 0.5) is 0 Å². The fraction of sp³-hybridized carbons (Fsp3) is 0.938. The Balaban J connectivity index is 2.57. The third-order valence-corrected chi connectivity index (χ3v) is 4.39. The number of unbranched alkanes of at least 4 members (excludes halogenated alkanes) is 1. The Labute approximate surface area is 113 Å². The normalized spacial score (nSPS) is 18.6. The Hall–Kier alpha value is -0.530. The molecule has 0 heterocycles. The summed E-state index contributed by atoms with van der Waals surface area (Å²) in [6, 6.07) is 0.534. The smallest absolute Gasteiger partial charge is 0.225 e. The van der Waals surface area contributed by atoms with Gasteiger partial charge in [0.2, 0.25) is 5.91 Å². The van der Waals surface area contributed by atoms with Crippen LogP contribution in [0.1, 0.15) is 78.6 Å². The highest BCUT2D eigenvalue weighted by molar-refractivity contribution is 5.79. The second-order valence-electron chi connectivity index (χ2n) is 5.66. The minimum absolute atomic E-state index is 0.270. The monoisotopic (exact) mass is 253 g/mol. The quantitative estimate of drug-likeness (QED) is 0.659. The van der Waals surface area contributed by atoms with Crippen LogP contribution < -0.4 is 0 Å². The number of hydrogen-bond acceptors (Lipinski definition) is 1. The van der Waals surface area contributed by atoms with Gasteiger partial charge in [0.15, 0.2) is 0 Å². The van der Waals surface area contributed by atoms with Gasteiger partial charge in [0, 0.05) is 18.5 Å². The fourth-order valence-corrected chi connectivity index (χ4v) is 3.17. The van der Waals surface area contributed by atoms with E-state index in [2.05, 4.69) is 25.7 Å². The second kappa shape index (κ2) is 8.55. The molecule has 0 aliphatic heterocycles. The van der Waals surface area contributed by atoms with Gasteiger partial charge < -0.3 is 4.90 Å². The minimum atomic E-state index is 0.270. The van der Waals surface area contributed by atoms with Crippen molar-refractivity contribution in [1.29, 1.82) is 0 Å². The van der Waals surface area contributed by atoms with Crippen LogP contribution in [0.2, 0.25) is 0 Å². The molecule has 0 spiro atoms. The van der Waals surface area contributed by atoms with E-state index < -0.39 is 0 Å². The molecule has 1 amide bonds. The van der Waals surface area contributed by atoms with E-state index in [9.17, 15) is 4.79 Å². The van der Waals surface area contributed by atoms with E-state index >= 15 is 0 Å². The van der Waals surface area contributed by atoms with Crippen molar-refractivity contribution in [3.63, 3.8) is 0 Å². The number of nitrogens with zero attached hydrogens (tertiary/aromatic N) is 1. The van der Waals surface area contributed by atoms with Crippen molar-refractivity contribution in [3.8, 4) is 0 Å². The molecule has 1 saturated carbocycles. The van der Waals surface area contributed by atoms with Crippen molar-refractivity contribution in [2.75, 3.05) is 6.54 Å². The van der Waals surface area contributed by atoms with E-state index in [0.29, 0.717) is 11.9 Å². The Morgan fingerprint density at radius 2 is 1.83 bits per heavy atom. The molecule has 2 heteroatoms.